The Labute approximate surface area is 116 Å². The second-order valence-corrected chi connectivity index (χ2v) is 6.06. The van der Waals surface area contributed by atoms with E-state index in [1.807, 2.05) is 6.20 Å². The summed E-state index contributed by atoms with van der Waals surface area (Å²) >= 11 is 0. The smallest absolute Gasteiger partial charge is 0.122 e. The zero-order valence-electron chi connectivity index (χ0n) is 12.2. The average Bonchev–Trinajstić information content (AvgIpc) is 2.93. The Balaban J connectivity index is 1.72. The predicted molar refractivity (Wildman–Crippen MR) is 76.9 cm³/mol. The van der Waals surface area contributed by atoms with Gasteiger partial charge in [-0.1, -0.05) is 13.3 Å². The Morgan fingerprint density at radius 2 is 2.26 bits per heavy atom. The first-order valence-electron chi connectivity index (χ1n) is 7.73. The van der Waals surface area contributed by atoms with Gasteiger partial charge in [0.1, 0.15) is 5.82 Å². The summed E-state index contributed by atoms with van der Waals surface area (Å²) in [5, 5.41) is 3.54. The fraction of sp³-hybridized carbons (Fsp3) is 0.800. The van der Waals surface area contributed by atoms with E-state index in [0.717, 1.165) is 19.0 Å². The second-order valence-electron chi connectivity index (χ2n) is 6.06. The molecule has 4 nitrogen and oxygen atoms in total. The number of fused-ring (bicyclic) bond motifs is 1. The highest BCUT2D eigenvalue weighted by Crippen LogP contribution is 2.31. The number of rotatable bonds is 3. The molecule has 3 atom stereocenters. The van der Waals surface area contributed by atoms with Crippen LogP contribution in [-0.4, -0.2) is 40.1 Å². The number of likely N-dealkylation sites (N-methyl/N-ethyl adjacent to an activating group) is 1. The molecule has 1 aromatic heterocycles. The number of imidazole rings is 1. The number of aromatic nitrogens is 2. The van der Waals surface area contributed by atoms with E-state index in [-0.39, 0.29) is 0 Å². The largest absolute Gasteiger partial charge is 0.333 e. The molecule has 0 amide bonds. The molecule has 1 aliphatic heterocycles. The van der Waals surface area contributed by atoms with Crippen molar-refractivity contribution in [2.24, 2.45) is 5.92 Å². The molecule has 0 aromatic carbocycles. The van der Waals surface area contributed by atoms with Crippen molar-refractivity contribution in [3.63, 3.8) is 0 Å². The lowest BCUT2D eigenvalue weighted by molar-refractivity contribution is 0.0741. The quantitative estimate of drug-likeness (QED) is 0.902. The molecule has 1 aromatic rings. The van der Waals surface area contributed by atoms with E-state index < -0.39 is 0 Å². The summed E-state index contributed by atoms with van der Waals surface area (Å²) < 4.78 is 2.30. The van der Waals surface area contributed by atoms with Crippen LogP contribution in [0.5, 0.6) is 0 Å². The third kappa shape index (κ3) is 2.56. The Morgan fingerprint density at radius 1 is 1.37 bits per heavy atom. The van der Waals surface area contributed by atoms with E-state index in [1.54, 1.807) is 0 Å². The first-order valence-corrected chi connectivity index (χ1v) is 7.73. The van der Waals surface area contributed by atoms with Crippen LogP contribution in [0, 0.1) is 5.92 Å². The van der Waals surface area contributed by atoms with Gasteiger partial charge in [-0.05, 0) is 32.2 Å². The third-order valence-corrected chi connectivity index (χ3v) is 5.12. The Kier molecular flexibility index (Phi) is 3.89. The lowest BCUT2D eigenvalue weighted by Crippen LogP contribution is -2.54. The Bertz CT molecular complexity index is 414. The molecule has 4 heteroatoms. The summed E-state index contributed by atoms with van der Waals surface area (Å²) in [4.78, 5) is 7.15. The summed E-state index contributed by atoms with van der Waals surface area (Å²) in [6.45, 7) is 5.62. The molecule has 2 heterocycles. The molecule has 1 saturated carbocycles. The van der Waals surface area contributed by atoms with Crippen molar-refractivity contribution in [1.82, 2.24) is 19.8 Å². The summed E-state index contributed by atoms with van der Waals surface area (Å²) in [6, 6.07) is 1.35. The highest BCUT2D eigenvalue weighted by molar-refractivity contribution is 4.99. The molecule has 0 bridgehead atoms. The minimum atomic E-state index is 0.657. The van der Waals surface area contributed by atoms with Gasteiger partial charge < -0.3 is 9.88 Å². The van der Waals surface area contributed by atoms with Crippen LogP contribution in [-0.2, 0) is 13.1 Å². The molecular formula is C15H26N4. The molecule has 106 valence electrons. The van der Waals surface area contributed by atoms with Crippen molar-refractivity contribution >= 4 is 0 Å². The van der Waals surface area contributed by atoms with Crippen LogP contribution in [0.15, 0.2) is 12.4 Å². The molecule has 0 saturated heterocycles. The fourth-order valence-electron chi connectivity index (χ4n) is 3.82. The summed E-state index contributed by atoms with van der Waals surface area (Å²) in [5.41, 5.74) is 0. The van der Waals surface area contributed by atoms with Gasteiger partial charge in [-0.2, -0.15) is 0 Å². The lowest BCUT2D eigenvalue weighted by atomic mass is 9.80. The maximum Gasteiger partial charge on any atom is 0.122 e. The number of hydrogen-bond donors (Lipinski definition) is 1. The number of nitrogens with one attached hydrogen (secondary N) is 1. The van der Waals surface area contributed by atoms with Crippen LogP contribution in [0.2, 0.25) is 0 Å². The van der Waals surface area contributed by atoms with Gasteiger partial charge in [-0.3, -0.25) is 4.90 Å². The van der Waals surface area contributed by atoms with Gasteiger partial charge in [-0.15, -0.1) is 0 Å². The number of nitrogens with zero attached hydrogens (tertiary/aromatic N) is 3. The molecule has 0 spiro atoms. The molecule has 1 fully saturated rings. The topological polar surface area (TPSA) is 33.1 Å². The molecule has 1 aliphatic carbocycles. The highest BCUT2D eigenvalue weighted by atomic mass is 15.3. The van der Waals surface area contributed by atoms with Crippen molar-refractivity contribution in [2.45, 2.75) is 57.8 Å². The van der Waals surface area contributed by atoms with E-state index in [2.05, 4.69) is 39.9 Å². The van der Waals surface area contributed by atoms with E-state index in [1.165, 1.54) is 38.1 Å². The first-order chi connectivity index (χ1) is 9.31. The lowest BCUT2D eigenvalue weighted by Gasteiger charge is -2.44. The van der Waals surface area contributed by atoms with Crippen molar-refractivity contribution in [3.8, 4) is 0 Å². The highest BCUT2D eigenvalue weighted by Gasteiger charge is 2.34. The maximum atomic E-state index is 4.49. The zero-order chi connectivity index (χ0) is 13.2. The van der Waals surface area contributed by atoms with Crippen LogP contribution in [0.3, 0.4) is 0 Å². The number of hydrogen-bond acceptors (Lipinski definition) is 3. The van der Waals surface area contributed by atoms with Crippen molar-refractivity contribution in [1.29, 1.82) is 0 Å². The van der Waals surface area contributed by atoms with Crippen LogP contribution in [0.4, 0.5) is 0 Å². The molecule has 2 aliphatic rings. The van der Waals surface area contributed by atoms with Gasteiger partial charge in [0.25, 0.3) is 0 Å². The Morgan fingerprint density at radius 3 is 3.05 bits per heavy atom. The maximum absolute atomic E-state index is 4.49. The van der Waals surface area contributed by atoms with E-state index in [9.17, 15) is 0 Å². The van der Waals surface area contributed by atoms with Gasteiger partial charge >= 0.3 is 0 Å². The van der Waals surface area contributed by atoms with Crippen LogP contribution < -0.4 is 5.32 Å². The van der Waals surface area contributed by atoms with Gasteiger partial charge in [0.15, 0.2) is 0 Å². The Hall–Kier alpha value is -0.870. The summed E-state index contributed by atoms with van der Waals surface area (Å²) in [5.74, 6) is 2.15. The van der Waals surface area contributed by atoms with Crippen LogP contribution in [0.1, 0.15) is 38.4 Å². The molecule has 3 rings (SSSR count). The molecule has 3 unspecified atom stereocenters. The fourth-order valence-corrected chi connectivity index (χ4v) is 3.82. The second kappa shape index (κ2) is 5.63. The van der Waals surface area contributed by atoms with Crippen molar-refractivity contribution in [2.75, 3.05) is 13.6 Å². The van der Waals surface area contributed by atoms with Crippen LogP contribution in [0.25, 0.3) is 0 Å². The zero-order valence-corrected chi connectivity index (χ0v) is 12.2. The van der Waals surface area contributed by atoms with Gasteiger partial charge in [0.05, 0.1) is 6.54 Å². The minimum Gasteiger partial charge on any atom is -0.333 e. The molecule has 19 heavy (non-hydrogen) atoms. The van der Waals surface area contributed by atoms with Gasteiger partial charge in [0.2, 0.25) is 0 Å². The standard InChI is InChI=1S/C15H26N4/c1-3-12-4-5-13(16-2)14(10-12)19-9-8-18-7-6-17-15(18)11-19/h6-7,12-14,16H,3-5,8-11H2,1-2H3. The molecule has 0 radical (unpaired) electrons. The molecular weight excluding hydrogens is 236 g/mol. The molecule has 1 N–H and O–H groups in total. The van der Waals surface area contributed by atoms with Gasteiger partial charge in [-0.25, -0.2) is 4.98 Å². The van der Waals surface area contributed by atoms with E-state index in [4.69, 9.17) is 0 Å². The monoisotopic (exact) mass is 262 g/mol. The first kappa shape index (κ1) is 13.1. The summed E-state index contributed by atoms with van der Waals surface area (Å²) in [7, 11) is 2.12. The van der Waals surface area contributed by atoms with Crippen molar-refractivity contribution < 1.29 is 0 Å². The van der Waals surface area contributed by atoms with E-state index >= 15 is 0 Å². The third-order valence-electron chi connectivity index (χ3n) is 5.12. The van der Waals surface area contributed by atoms with Crippen LogP contribution >= 0.6 is 0 Å². The van der Waals surface area contributed by atoms with Gasteiger partial charge in [0, 0.05) is 37.6 Å². The SMILES string of the molecule is CCC1CCC(NC)C(N2CCn3ccnc3C2)C1. The normalized spacial score (nSPS) is 32.2. The minimum absolute atomic E-state index is 0.657. The van der Waals surface area contributed by atoms with Crippen molar-refractivity contribution in [3.05, 3.63) is 18.2 Å². The summed E-state index contributed by atoms with van der Waals surface area (Å²) in [6.07, 6.45) is 9.44. The van der Waals surface area contributed by atoms with E-state index in [0.29, 0.717) is 12.1 Å². The predicted octanol–water partition coefficient (Wildman–Crippen LogP) is 1.87. The average molecular weight is 262 g/mol.